The number of hydrogen-bond donors (Lipinski definition) is 2. The van der Waals surface area contributed by atoms with E-state index < -0.39 is 0 Å². The zero-order chi connectivity index (χ0) is 22.3. The maximum Gasteiger partial charge on any atom is 0.255 e. The summed E-state index contributed by atoms with van der Waals surface area (Å²) in [5.41, 5.74) is 3.83. The van der Waals surface area contributed by atoms with Gasteiger partial charge in [-0.1, -0.05) is 30.3 Å². The fourth-order valence-corrected chi connectivity index (χ4v) is 4.04. The number of quaternary nitrogens is 1. The van der Waals surface area contributed by atoms with Crippen molar-refractivity contribution in [1.82, 2.24) is 0 Å². The highest BCUT2D eigenvalue weighted by atomic mass is 16.5. The highest BCUT2D eigenvalue weighted by molar-refractivity contribution is 6.04. The summed E-state index contributed by atoms with van der Waals surface area (Å²) < 4.78 is 10.5. The molecule has 0 saturated carbocycles. The lowest BCUT2D eigenvalue weighted by molar-refractivity contribution is -0.914. The van der Waals surface area contributed by atoms with Gasteiger partial charge >= 0.3 is 0 Å². The van der Waals surface area contributed by atoms with Gasteiger partial charge in [0.1, 0.15) is 18.0 Å². The maximum absolute atomic E-state index is 12.7. The lowest BCUT2D eigenvalue weighted by Crippen LogP contribution is -3.13. The molecular formula is C26H30N3O3+. The Balaban J connectivity index is 1.33. The molecule has 0 aliphatic carbocycles. The molecule has 1 amide bonds. The molecule has 0 atom stereocenters. The molecule has 32 heavy (non-hydrogen) atoms. The summed E-state index contributed by atoms with van der Waals surface area (Å²) in [6.07, 6.45) is 0. The van der Waals surface area contributed by atoms with Crippen molar-refractivity contribution in [3.05, 3.63) is 83.9 Å². The molecule has 6 nitrogen and oxygen atoms in total. The van der Waals surface area contributed by atoms with Crippen LogP contribution in [0.4, 0.5) is 11.4 Å². The van der Waals surface area contributed by atoms with Crippen LogP contribution in [0.1, 0.15) is 15.9 Å². The van der Waals surface area contributed by atoms with E-state index in [1.807, 2.05) is 12.1 Å². The van der Waals surface area contributed by atoms with Gasteiger partial charge in [-0.2, -0.15) is 0 Å². The third kappa shape index (κ3) is 5.39. The standard InChI is InChI=1S/C26H29N3O3/c1-31-24-16-21(17-25(18-24)32-2)26(30)27-22-8-10-23(11-9-22)29-14-12-28(13-15-29)19-20-6-4-3-5-7-20/h3-11,16-18H,12-15,19H2,1-2H3,(H,27,30)/p+1. The van der Waals surface area contributed by atoms with Crippen molar-refractivity contribution < 1.29 is 19.2 Å². The number of benzene rings is 3. The van der Waals surface area contributed by atoms with Gasteiger partial charge < -0.3 is 24.6 Å². The largest absolute Gasteiger partial charge is 0.497 e. The molecule has 1 fully saturated rings. The first kappa shape index (κ1) is 21.7. The molecule has 1 heterocycles. The van der Waals surface area contributed by atoms with Crippen molar-refractivity contribution in [1.29, 1.82) is 0 Å². The van der Waals surface area contributed by atoms with E-state index in [2.05, 4.69) is 52.7 Å². The van der Waals surface area contributed by atoms with Crippen LogP contribution in [0.5, 0.6) is 11.5 Å². The molecule has 1 saturated heterocycles. The minimum absolute atomic E-state index is 0.201. The third-order valence-corrected chi connectivity index (χ3v) is 5.87. The van der Waals surface area contributed by atoms with Crippen molar-refractivity contribution in [2.75, 3.05) is 50.6 Å². The van der Waals surface area contributed by atoms with Crippen LogP contribution in [0, 0.1) is 0 Å². The first-order valence-electron chi connectivity index (χ1n) is 10.9. The molecule has 0 radical (unpaired) electrons. The molecule has 4 rings (SSSR count). The summed E-state index contributed by atoms with van der Waals surface area (Å²) in [6, 6.07) is 23.9. The average Bonchev–Trinajstić information content (AvgIpc) is 2.85. The number of ether oxygens (including phenoxy) is 2. The van der Waals surface area contributed by atoms with Gasteiger partial charge in [-0.05, 0) is 36.4 Å². The third-order valence-electron chi connectivity index (χ3n) is 5.87. The maximum atomic E-state index is 12.7. The van der Waals surface area contributed by atoms with Gasteiger partial charge in [0, 0.05) is 28.6 Å². The predicted octanol–water partition coefficient (Wildman–Crippen LogP) is 2.86. The zero-order valence-electron chi connectivity index (χ0n) is 18.6. The zero-order valence-corrected chi connectivity index (χ0v) is 18.6. The second-order valence-electron chi connectivity index (χ2n) is 8.00. The van der Waals surface area contributed by atoms with Crippen LogP contribution in [0.15, 0.2) is 72.8 Å². The molecule has 0 unspecified atom stereocenters. The highest BCUT2D eigenvalue weighted by Crippen LogP contribution is 2.24. The van der Waals surface area contributed by atoms with Crippen molar-refractivity contribution in [2.45, 2.75) is 6.54 Å². The van der Waals surface area contributed by atoms with E-state index in [0.29, 0.717) is 17.1 Å². The molecule has 3 aromatic rings. The second-order valence-corrected chi connectivity index (χ2v) is 8.00. The highest BCUT2D eigenvalue weighted by Gasteiger charge is 2.20. The summed E-state index contributed by atoms with van der Waals surface area (Å²) in [7, 11) is 3.14. The second kappa shape index (κ2) is 10.2. The number of methoxy groups -OCH3 is 2. The molecule has 1 aliphatic heterocycles. The smallest absolute Gasteiger partial charge is 0.255 e. The van der Waals surface area contributed by atoms with E-state index in [4.69, 9.17) is 9.47 Å². The Hall–Kier alpha value is -3.51. The lowest BCUT2D eigenvalue weighted by atomic mass is 10.1. The van der Waals surface area contributed by atoms with Crippen LogP contribution in [-0.4, -0.2) is 46.3 Å². The van der Waals surface area contributed by atoms with Crippen LogP contribution >= 0.6 is 0 Å². The Morgan fingerprint density at radius 2 is 1.53 bits per heavy atom. The molecule has 6 heteroatoms. The Bertz CT molecular complexity index is 1010. The fourth-order valence-electron chi connectivity index (χ4n) is 4.04. The first-order valence-corrected chi connectivity index (χ1v) is 10.9. The first-order chi connectivity index (χ1) is 15.6. The van der Waals surface area contributed by atoms with E-state index in [9.17, 15) is 4.79 Å². The summed E-state index contributed by atoms with van der Waals surface area (Å²) >= 11 is 0. The van der Waals surface area contributed by atoms with E-state index in [1.54, 1.807) is 37.3 Å². The fraction of sp³-hybridized carbons (Fsp3) is 0.269. The van der Waals surface area contributed by atoms with Gasteiger partial charge in [0.2, 0.25) is 0 Å². The molecule has 166 valence electrons. The number of rotatable bonds is 7. The Kier molecular flexibility index (Phi) is 6.92. The number of amides is 1. The van der Waals surface area contributed by atoms with Crippen molar-refractivity contribution in [3.63, 3.8) is 0 Å². The van der Waals surface area contributed by atoms with Gasteiger partial charge in [0.25, 0.3) is 5.91 Å². The molecule has 0 spiro atoms. The quantitative estimate of drug-likeness (QED) is 0.603. The van der Waals surface area contributed by atoms with Gasteiger partial charge in [-0.15, -0.1) is 0 Å². The summed E-state index contributed by atoms with van der Waals surface area (Å²) in [5, 5.41) is 2.95. The minimum Gasteiger partial charge on any atom is -0.497 e. The van der Waals surface area contributed by atoms with E-state index in [1.165, 1.54) is 11.3 Å². The normalized spacial score (nSPS) is 14.1. The Labute approximate surface area is 189 Å². The number of carbonyl (C=O) groups is 1. The average molecular weight is 433 g/mol. The summed E-state index contributed by atoms with van der Waals surface area (Å²) in [4.78, 5) is 16.7. The van der Waals surface area contributed by atoms with E-state index in [-0.39, 0.29) is 5.91 Å². The number of piperazine rings is 1. The van der Waals surface area contributed by atoms with E-state index in [0.717, 1.165) is 38.4 Å². The SMILES string of the molecule is COc1cc(OC)cc(C(=O)Nc2ccc(N3CC[NH+](Cc4ccccc4)CC3)cc2)c1. The topological polar surface area (TPSA) is 55.2 Å². The molecular weight excluding hydrogens is 402 g/mol. The predicted molar refractivity (Wildman–Crippen MR) is 127 cm³/mol. The molecule has 0 aromatic heterocycles. The van der Waals surface area contributed by atoms with Crippen molar-refractivity contribution >= 4 is 17.3 Å². The van der Waals surface area contributed by atoms with Crippen LogP contribution in [0.3, 0.4) is 0 Å². The van der Waals surface area contributed by atoms with Crippen LogP contribution < -0.4 is 24.6 Å². The summed E-state index contributed by atoms with van der Waals surface area (Å²) in [6.45, 7) is 5.36. The summed E-state index contributed by atoms with van der Waals surface area (Å²) in [5.74, 6) is 0.963. The number of anilines is 2. The molecule has 2 N–H and O–H groups in total. The van der Waals surface area contributed by atoms with Crippen molar-refractivity contribution in [2.24, 2.45) is 0 Å². The molecule has 0 bridgehead atoms. The minimum atomic E-state index is -0.201. The number of nitrogens with one attached hydrogen (secondary N) is 2. The lowest BCUT2D eigenvalue weighted by Gasteiger charge is -2.33. The van der Waals surface area contributed by atoms with Crippen LogP contribution in [0.2, 0.25) is 0 Å². The van der Waals surface area contributed by atoms with Gasteiger partial charge in [-0.3, -0.25) is 4.79 Å². The Morgan fingerprint density at radius 3 is 2.12 bits per heavy atom. The number of carbonyl (C=O) groups excluding carboxylic acids is 1. The van der Waals surface area contributed by atoms with Gasteiger partial charge in [0.15, 0.2) is 0 Å². The van der Waals surface area contributed by atoms with E-state index >= 15 is 0 Å². The van der Waals surface area contributed by atoms with Gasteiger partial charge in [-0.25, -0.2) is 0 Å². The van der Waals surface area contributed by atoms with Crippen molar-refractivity contribution in [3.8, 4) is 11.5 Å². The monoisotopic (exact) mass is 432 g/mol. The van der Waals surface area contributed by atoms with Gasteiger partial charge in [0.05, 0.1) is 40.4 Å². The van der Waals surface area contributed by atoms with Crippen LogP contribution in [-0.2, 0) is 6.54 Å². The Morgan fingerprint density at radius 1 is 0.906 bits per heavy atom. The van der Waals surface area contributed by atoms with Crippen LogP contribution in [0.25, 0.3) is 0 Å². The molecule has 1 aliphatic rings. The number of hydrogen-bond acceptors (Lipinski definition) is 4. The number of nitrogens with zero attached hydrogens (tertiary/aromatic N) is 1. The molecule has 3 aromatic carbocycles.